The third kappa shape index (κ3) is 6.36. The summed E-state index contributed by atoms with van der Waals surface area (Å²) in [5, 5.41) is 2.65. The van der Waals surface area contributed by atoms with Crippen LogP contribution < -0.4 is 10.0 Å². The Labute approximate surface area is 126 Å². The topological polar surface area (TPSA) is 75.3 Å². The molecule has 20 heavy (non-hydrogen) atoms. The molecule has 1 aromatic carbocycles. The number of hydrogen-bond donors (Lipinski definition) is 2. The van der Waals surface area contributed by atoms with Gasteiger partial charge in [0.2, 0.25) is 15.9 Å². The van der Waals surface area contributed by atoms with Crippen molar-refractivity contribution in [1.82, 2.24) is 10.0 Å². The van der Waals surface area contributed by atoms with Gasteiger partial charge in [-0.3, -0.25) is 4.79 Å². The molecule has 0 bridgehead atoms. The molecule has 2 N–H and O–H groups in total. The minimum Gasteiger partial charge on any atom is -0.355 e. The van der Waals surface area contributed by atoms with E-state index in [1.54, 1.807) is 24.3 Å². The average molecular weight is 321 g/mol. The number of aryl methyl sites for hydroxylation is 1. The molecule has 0 radical (unpaired) electrons. The lowest BCUT2D eigenvalue weighted by Gasteiger charge is -2.08. The number of halogens is 1. The summed E-state index contributed by atoms with van der Waals surface area (Å²) in [6.07, 6.45) is 1.24. The lowest BCUT2D eigenvalue weighted by Crippen LogP contribution is -2.34. The highest BCUT2D eigenvalue weighted by Crippen LogP contribution is 2.09. The molecule has 0 saturated heterocycles. The Bertz CT molecular complexity index is 515. The molecule has 114 valence electrons. The van der Waals surface area contributed by atoms with Crippen LogP contribution in [-0.4, -0.2) is 27.4 Å². The third-order valence-corrected chi connectivity index (χ3v) is 4.02. The lowest BCUT2D eigenvalue weighted by molar-refractivity contribution is -0.121. The van der Waals surface area contributed by atoms with Crippen LogP contribution in [0.25, 0.3) is 0 Å². The Morgan fingerprint density at radius 1 is 1.15 bits per heavy atom. The summed E-state index contributed by atoms with van der Waals surface area (Å²) in [7, 11) is -3.49. The maximum atomic E-state index is 11.9. The van der Waals surface area contributed by atoms with E-state index >= 15 is 0 Å². The Hall–Kier alpha value is -1.11. The van der Waals surface area contributed by atoms with Crippen molar-refractivity contribution in [3.8, 4) is 0 Å². The first-order chi connectivity index (χ1) is 8.95. The smallest absolute Gasteiger partial charge is 0.240 e. The standard InChI is InChI=1S/C13H20N2O3S.ClH/c1-3-4-13(16)14-9-10-15-19(17,18)12-7-5-11(2)6-8-12;/h5-8,15H,3-4,9-10H2,1-2H3,(H,14,16);1H. The van der Waals surface area contributed by atoms with Crippen molar-refractivity contribution in [3.63, 3.8) is 0 Å². The monoisotopic (exact) mass is 320 g/mol. The number of carbonyl (C=O) groups excluding carboxylic acids is 1. The third-order valence-electron chi connectivity index (χ3n) is 2.55. The number of rotatable bonds is 7. The molecule has 0 atom stereocenters. The van der Waals surface area contributed by atoms with Crippen molar-refractivity contribution in [2.45, 2.75) is 31.6 Å². The predicted molar refractivity (Wildman–Crippen MR) is 81.5 cm³/mol. The van der Waals surface area contributed by atoms with E-state index in [-0.39, 0.29) is 29.8 Å². The van der Waals surface area contributed by atoms with Crippen LogP contribution in [0.15, 0.2) is 29.2 Å². The number of amides is 1. The summed E-state index contributed by atoms with van der Waals surface area (Å²) >= 11 is 0. The predicted octanol–water partition coefficient (Wildman–Crippen LogP) is 1.61. The summed E-state index contributed by atoms with van der Waals surface area (Å²) in [6.45, 7) is 4.29. The van der Waals surface area contributed by atoms with Crippen molar-refractivity contribution in [3.05, 3.63) is 29.8 Å². The molecular weight excluding hydrogens is 300 g/mol. The highest BCUT2D eigenvalue weighted by molar-refractivity contribution is 7.89. The fourth-order valence-electron chi connectivity index (χ4n) is 1.50. The molecule has 1 aromatic rings. The molecule has 0 spiro atoms. The van der Waals surface area contributed by atoms with E-state index < -0.39 is 10.0 Å². The molecule has 0 aliphatic heterocycles. The van der Waals surface area contributed by atoms with Crippen molar-refractivity contribution in [1.29, 1.82) is 0 Å². The average Bonchev–Trinajstić information content (AvgIpc) is 2.36. The van der Waals surface area contributed by atoms with Crippen LogP contribution in [-0.2, 0) is 14.8 Å². The molecule has 0 aliphatic rings. The lowest BCUT2D eigenvalue weighted by atomic mass is 10.2. The summed E-state index contributed by atoms with van der Waals surface area (Å²) in [6, 6.07) is 6.62. The van der Waals surface area contributed by atoms with E-state index in [2.05, 4.69) is 10.0 Å². The van der Waals surface area contributed by atoms with Crippen molar-refractivity contribution >= 4 is 28.3 Å². The second-order valence-electron chi connectivity index (χ2n) is 4.31. The Balaban J connectivity index is 0.00000361. The number of benzene rings is 1. The Morgan fingerprint density at radius 3 is 2.30 bits per heavy atom. The van der Waals surface area contributed by atoms with E-state index in [1.807, 2.05) is 13.8 Å². The zero-order valence-electron chi connectivity index (χ0n) is 11.7. The minimum atomic E-state index is -3.49. The van der Waals surface area contributed by atoms with E-state index in [0.29, 0.717) is 13.0 Å². The van der Waals surface area contributed by atoms with Gasteiger partial charge in [0, 0.05) is 19.5 Å². The zero-order valence-corrected chi connectivity index (χ0v) is 13.3. The summed E-state index contributed by atoms with van der Waals surface area (Å²) < 4.78 is 26.2. The Kier molecular flexibility index (Phi) is 8.45. The van der Waals surface area contributed by atoms with Crippen LogP contribution in [0.1, 0.15) is 25.3 Å². The quantitative estimate of drug-likeness (QED) is 0.749. The van der Waals surface area contributed by atoms with Gasteiger partial charge in [-0.25, -0.2) is 13.1 Å². The number of sulfonamides is 1. The van der Waals surface area contributed by atoms with E-state index in [1.165, 1.54) is 0 Å². The molecule has 0 aliphatic carbocycles. The number of hydrogen-bond acceptors (Lipinski definition) is 3. The first-order valence-electron chi connectivity index (χ1n) is 6.28. The largest absolute Gasteiger partial charge is 0.355 e. The van der Waals surface area contributed by atoms with Gasteiger partial charge in [0.25, 0.3) is 0 Å². The maximum absolute atomic E-state index is 11.9. The SMILES string of the molecule is CCCC(=O)NCCNS(=O)(=O)c1ccc(C)cc1.Cl. The molecule has 0 heterocycles. The van der Waals surface area contributed by atoms with Gasteiger partial charge in [0.05, 0.1) is 4.90 Å². The van der Waals surface area contributed by atoms with Crippen LogP contribution in [0.2, 0.25) is 0 Å². The normalized spacial score (nSPS) is 10.7. The first-order valence-corrected chi connectivity index (χ1v) is 7.77. The second kappa shape index (κ2) is 8.94. The number of nitrogens with one attached hydrogen (secondary N) is 2. The van der Waals surface area contributed by atoms with Gasteiger partial charge in [-0.1, -0.05) is 24.6 Å². The number of carbonyl (C=O) groups is 1. The van der Waals surface area contributed by atoms with Crippen molar-refractivity contribution < 1.29 is 13.2 Å². The molecular formula is C13H21ClN2O3S. The molecule has 5 nitrogen and oxygen atoms in total. The molecule has 7 heteroatoms. The van der Waals surface area contributed by atoms with Crippen molar-refractivity contribution in [2.75, 3.05) is 13.1 Å². The van der Waals surface area contributed by atoms with Gasteiger partial charge in [0.15, 0.2) is 0 Å². The fraction of sp³-hybridized carbons (Fsp3) is 0.462. The van der Waals surface area contributed by atoms with Crippen LogP contribution >= 0.6 is 12.4 Å². The van der Waals surface area contributed by atoms with Gasteiger partial charge >= 0.3 is 0 Å². The molecule has 1 amide bonds. The summed E-state index contributed by atoms with van der Waals surface area (Å²) in [5.41, 5.74) is 1.01. The van der Waals surface area contributed by atoms with E-state index in [4.69, 9.17) is 0 Å². The summed E-state index contributed by atoms with van der Waals surface area (Å²) in [5.74, 6) is -0.0583. The Morgan fingerprint density at radius 2 is 1.75 bits per heavy atom. The van der Waals surface area contributed by atoms with Gasteiger partial charge in [-0.2, -0.15) is 0 Å². The maximum Gasteiger partial charge on any atom is 0.240 e. The second-order valence-corrected chi connectivity index (χ2v) is 6.08. The zero-order chi connectivity index (χ0) is 14.3. The molecule has 0 aromatic heterocycles. The van der Waals surface area contributed by atoms with E-state index in [0.717, 1.165) is 12.0 Å². The van der Waals surface area contributed by atoms with E-state index in [9.17, 15) is 13.2 Å². The highest BCUT2D eigenvalue weighted by Gasteiger charge is 2.12. The van der Waals surface area contributed by atoms with Gasteiger partial charge < -0.3 is 5.32 Å². The van der Waals surface area contributed by atoms with Gasteiger partial charge in [-0.15, -0.1) is 12.4 Å². The van der Waals surface area contributed by atoms with Crippen LogP contribution in [0, 0.1) is 6.92 Å². The van der Waals surface area contributed by atoms with Crippen LogP contribution in [0.5, 0.6) is 0 Å². The van der Waals surface area contributed by atoms with Gasteiger partial charge in [-0.05, 0) is 25.5 Å². The molecule has 0 saturated carbocycles. The molecule has 0 unspecified atom stereocenters. The minimum absolute atomic E-state index is 0. The first kappa shape index (κ1) is 18.9. The van der Waals surface area contributed by atoms with Gasteiger partial charge in [0.1, 0.15) is 0 Å². The highest BCUT2D eigenvalue weighted by atomic mass is 35.5. The van der Waals surface area contributed by atoms with Crippen LogP contribution in [0.4, 0.5) is 0 Å². The summed E-state index contributed by atoms with van der Waals surface area (Å²) in [4.78, 5) is 11.4. The molecule has 1 rings (SSSR count). The molecule has 0 fully saturated rings. The fourth-order valence-corrected chi connectivity index (χ4v) is 2.54. The van der Waals surface area contributed by atoms with Crippen molar-refractivity contribution in [2.24, 2.45) is 0 Å². The van der Waals surface area contributed by atoms with Crippen LogP contribution in [0.3, 0.4) is 0 Å².